The number of carbonyl (C=O) groups is 3. The minimum absolute atomic E-state index is 0.195. The molecule has 1 fully saturated rings. The third-order valence-electron chi connectivity index (χ3n) is 5.65. The lowest BCUT2D eigenvalue weighted by Crippen LogP contribution is -2.31. The van der Waals surface area contributed by atoms with Gasteiger partial charge in [0.05, 0.1) is 22.4 Å². The van der Waals surface area contributed by atoms with E-state index in [2.05, 4.69) is 0 Å². The van der Waals surface area contributed by atoms with Gasteiger partial charge in [0, 0.05) is 23.3 Å². The van der Waals surface area contributed by atoms with Gasteiger partial charge in [0.1, 0.15) is 0 Å². The van der Waals surface area contributed by atoms with Crippen LogP contribution in [0.25, 0.3) is 10.2 Å². The monoisotopic (exact) mass is 487 g/mol. The molecule has 34 heavy (non-hydrogen) atoms. The molecule has 3 aromatic carbocycles. The average Bonchev–Trinajstić information content (AvgIpc) is 3.45. The van der Waals surface area contributed by atoms with Gasteiger partial charge in [-0.1, -0.05) is 53.8 Å². The first-order valence-electron chi connectivity index (χ1n) is 10.8. The number of benzene rings is 3. The number of hydrogen-bond acceptors (Lipinski definition) is 6. The topological polar surface area (TPSA) is 70.6 Å². The minimum atomic E-state index is -0.244. The first kappa shape index (κ1) is 22.3. The fraction of sp³-hybridized carbons (Fsp3) is 0.154. The zero-order valence-electron chi connectivity index (χ0n) is 18.4. The maximum absolute atomic E-state index is 13.8. The van der Waals surface area contributed by atoms with E-state index in [1.807, 2.05) is 54.8 Å². The maximum Gasteiger partial charge on any atom is 0.260 e. The van der Waals surface area contributed by atoms with Crippen LogP contribution in [0.2, 0.25) is 0 Å². The van der Waals surface area contributed by atoms with Gasteiger partial charge in [-0.25, -0.2) is 4.98 Å². The molecular weight excluding hydrogens is 466 g/mol. The largest absolute Gasteiger partial charge is 0.279 e. The molecule has 1 aromatic heterocycles. The van der Waals surface area contributed by atoms with Crippen molar-refractivity contribution in [1.29, 1.82) is 0 Å². The summed E-state index contributed by atoms with van der Waals surface area (Å²) >= 11 is 3.09. The van der Waals surface area contributed by atoms with Crippen LogP contribution in [0.4, 0.5) is 10.8 Å². The molecule has 8 heteroatoms. The van der Waals surface area contributed by atoms with E-state index in [0.717, 1.165) is 20.7 Å². The van der Waals surface area contributed by atoms with Crippen molar-refractivity contribution in [1.82, 2.24) is 4.98 Å². The van der Waals surface area contributed by atoms with E-state index in [1.54, 1.807) is 40.9 Å². The van der Waals surface area contributed by atoms with E-state index < -0.39 is 0 Å². The molecule has 1 saturated heterocycles. The zero-order chi connectivity index (χ0) is 23.7. The number of imide groups is 1. The highest BCUT2D eigenvalue weighted by Crippen LogP contribution is 2.35. The van der Waals surface area contributed by atoms with Crippen LogP contribution in [0.5, 0.6) is 0 Å². The van der Waals surface area contributed by atoms with Crippen molar-refractivity contribution < 1.29 is 14.4 Å². The standard InChI is InChI=1S/C26H21N3O3S2/c1-33-20-11-6-12-21-24(20)27-26(34-21)28(16-17-7-3-2-4-8-17)25(32)18-9-5-10-19(15-18)29-22(30)13-14-23(29)31/h2-12,15H,13-14,16H2,1H3. The molecule has 0 aliphatic carbocycles. The highest BCUT2D eigenvalue weighted by molar-refractivity contribution is 7.98. The van der Waals surface area contributed by atoms with Gasteiger partial charge >= 0.3 is 0 Å². The Hall–Kier alpha value is -3.49. The summed E-state index contributed by atoms with van der Waals surface area (Å²) < 4.78 is 1.01. The number of aromatic nitrogens is 1. The Morgan fingerprint density at radius 2 is 1.74 bits per heavy atom. The quantitative estimate of drug-likeness (QED) is 0.265. The van der Waals surface area contributed by atoms with Crippen LogP contribution in [-0.2, 0) is 16.1 Å². The summed E-state index contributed by atoms with van der Waals surface area (Å²) in [7, 11) is 0. The number of carbonyl (C=O) groups excluding carboxylic acids is 3. The second-order valence-corrected chi connectivity index (χ2v) is 9.71. The lowest BCUT2D eigenvalue weighted by Gasteiger charge is -2.21. The van der Waals surface area contributed by atoms with Crippen molar-refractivity contribution in [2.45, 2.75) is 24.3 Å². The second-order valence-electron chi connectivity index (χ2n) is 7.85. The summed E-state index contributed by atoms with van der Waals surface area (Å²) in [6, 6.07) is 22.5. The summed E-state index contributed by atoms with van der Waals surface area (Å²) in [5.41, 5.74) is 2.67. The van der Waals surface area contributed by atoms with E-state index >= 15 is 0 Å². The lowest BCUT2D eigenvalue weighted by atomic mass is 10.1. The molecule has 0 atom stereocenters. The highest BCUT2D eigenvalue weighted by atomic mass is 32.2. The number of anilines is 2. The summed E-state index contributed by atoms with van der Waals surface area (Å²) in [6.07, 6.45) is 2.40. The normalized spacial score (nSPS) is 13.6. The van der Waals surface area contributed by atoms with Gasteiger partial charge in [0.15, 0.2) is 5.13 Å². The Bertz CT molecular complexity index is 1380. The van der Waals surface area contributed by atoms with Crippen molar-refractivity contribution in [2.24, 2.45) is 0 Å². The molecule has 0 radical (unpaired) electrons. The van der Waals surface area contributed by atoms with Crippen molar-refractivity contribution in [3.8, 4) is 0 Å². The number of thiazole rings is 1. The number of thioether (sulfide) groups is 1. The van der Waals surface area contributed by atoms with Crippen LogP contribution in [-0.4, -0.2) is 29.0 Å². The van der Waals surface area contributed by atoms with Crippen LogP contribution in [0, 0.1) is 0 Å². The van der Waals surface area contributed by atoms with E-state index in [4.69, 9.17) is 4.98 Å². The molecular formula is C26H21N3O3S2. The number of fused-ring (bicyclic) bond motifs is 1. The number of para-hydroxylation sites is 1. The van der Waals surface area contributed by atoms with E-state index in [1.165, 1.54) is 16.2 Å². The van der Waals surface area contributed by atoms with E-state index in [9.17, 15) is 14.4 Å². The molecule has 5 rings (SSSR count). The molecule has 2 heterocycles. The van der Waals surface area contributed by atoms with Crippen LogP contribution < -0.4 is 9.80 Å². The smallest absolute Gasteiger partial charge is 0.260 e. The molecule has 1 aliphatic heterocycles. The fourth-order valence-corrected chi connectivity index (χ4v) is 5.60. The first-order chi connectivity index (χ1) is 16.5. The third-order valence-corrected chi connectivity index (χ3v) is 7.47. The molecule has 0 unspecified atom stereocenters. The van der Waals surface area contributed by atoms with Crippen LogP contribution >= 0.6 is 23.1 Å². The molecule has 1 aliphatic rings. The Morgan fingerprint density at radius 3 is 2.47 bits per heavy atom. The minimum Gasteiger partial charge on any atom is -0.279 e. The van der Waals surface area contributed by atoms with Gasteiger partial charge < -0.3 is 0 Å². The molecule has 0 bridgehead atoms. The van der Waals surface area contributed by atoms with Crippen molar-refractivity contribution in [3.63, 3.8) is 0 Å². The van der Waals surface area contributed by atoms with Crippen molar-refractivity contribution in [2.75, 3.05) is 16.1 Å². The summed E-state index contributed by atoms with van der Waals surface area (Å²) in [5.74, 6) is -0.729. The maximum atomic E-state index is 13.8. The number of hydrogen-bond donors (Lipinski definition) is 0. The predicted octanol–water partition coefficient (Wildman–Crippen LogP) is 5.52. The molecule has 170 valence electrons. The molecule has 4 aromatic rings. The molecule has 3 amide bonds. The number of nitrogens with zero attached hydrogens (tertiary/aromatic N) is 3. The summed E-state index contributed by atoms with van der Waals surface area (Å²) in [5, 5.41) is 0.601. The Labute approximate surface area is 205 Å². The van der Waals surface area contributed by atoms with Gasteiger partial charge in [0.2, 0.25) is 11.8 Å². The van der Waals surface area contributed by atoms with Crippen molar-refractivity contribution >= 4 is 61.9 Å². The summed E-state index contributed by atoms with van der Waals surface area (Å²) in [4.78, 5) is 47.0. The number of rotatable bonds is 6. The van der Waals surface area contributed by atoms with Gasteiger partial charge in [-0.3, -0.25) is 24.2 Å². The Morgan fingerprint density at radius 1 is 1.00 bits per heavy atom. The Balaban J connectivity index is 1.56. The van der Waals surface area contributed by atoms with Crippen molar-refractivity contribution in [3.05, 3.63) is 83.9 Å². The zero-order valence-corrected chi connectivity index (χ0v) is 20.1. The summed E-state index contributed by atoms with van der Waals surface area (Å²) in [6.45, 7) is 0.347. The second kappa shape index (κ2) is 9.40. The van der Waals surface area contributed by atoms with Crippen LogP contribution in [0.15, 0.2) is 77.7 Å². The van der Waals surface area contributed by atoms with Gasteiger partial charge in [-0.2, -0.15) is 0 Å². The van der Waals surface area contributed by atoms with E-state index in [-0.39, 0.29) is 30.6 Å². The molecule has 0 N–H and O–H groups in total. The van der Waals surface area contributed by atoms with Gasteiger partial charge in [-0.05, 0) is 42.2 Å². The number of amides is 3. The van der Waals surface area contributed by atoms with Gasteiger partial charge in [0.25, 0.3) is 5.91 Å². The van der Waals surface area contributed by atoms with Crippen LogP contribution in [0.1, 0.15) is 28.8 Å². The fourth-order valence-electron chi connectivity index (χ4n) is 3.98. The average molecular weight is 488 g/mol. The SMILES string of the molecule is CSc1cccc2sc(N(Cc3ccccc3)C(=O)c3cccc(N4C(=O)CCC4=O)c3)nc12. The van der Waals surface area contributed by atoms with E-state index in [0.29, 0.717) is 22.9 Å². The highest BCUT2D eigenvalue weighted by Gasteiger charge is 2.31. The first-order valence-corrected chi connectivity index (χ1v) is 12.8. The Kier molecular flexibility index (Phi) is 6.17. The molecule has 0 saturated carbocycles. The third kappa shape index (κ3) is 4.22. The lowest BCUT2D eigenvalue weighted by molar-refractivity contribution is -0.121. The van der Waals surface area contributed by atoms with Gasteiger partial charge in [-0.15, -0.1) is 11.8 Å². The molecule has 0 spiro atoms. The molecule has 6 nitrogen and oxygen atoms in total. The predicted molar refractivity (Wildman–Crippen MR) is 137 cm³/mol. The van der Waals surface area contributed by atoms with Crippen LogP contribution in [0.3, 0.4) is 0 Å².